The Kier molecular flexibility index (Phi) is 3.00. The molecule has 2 aromatic heterocycles. The summed E-state index contributed by atoms with van der Waals surface area (Å²) in [5, 5.41) is 3.14. The van der Waals surface area contributed by atoms with Gasteiger partial charge in [-0.3, -0.25) is 13.9 Å². The summed E-state index contributed by atoms with van der Waals surface area (Å²) in [7, 11) is 3.05. The average molecular weight is 265 g/mol. The van der Waals surface area contributed by atoms with E-state index in [1.807, 2.05) is 0 Å². The van der Waals surface area contributed by atoms with Crippen LogP contribution in [0.25, 0.3) is 11.2 Å². The molecule has 0 atom stereocenters. The van der Waals surface area contributed by atoms with Gasteiger partial charge in [0.15, 0.2) is 11.2 Å². The highest BCUT2D eigenvalue weighted by Gasteiger charge is 2.15. The van der Waals surface area contributed by atoms with Crippen LogP contribution in [0.15, 0.2) is 9.59 Å². The number of anilines is 1. The van der Waals surface area contributed by atoms with Crippen molar-refractivity contribution in [2.75, 3.05) is 11.9 Å². The zero-order chi connectivity index (χ0) is 14.4. The van der Waals surface area contributed by atoms with Gasteiger partial charge in [0.05, 0.1) is 0 Å². The van der Waals surface area contributed by atoms with Crippen LogP contribution in [0.4, 0.5) is 5.95 Å². The van der Waals surface area contributed by atoms with Crippen LogP contribution in [0.1, 0.15) is 20.8 Å². The lowest BCUT2D eigenvalue weighted by molar-refractivity contribution is 0.442. The SMILES string of the molecule is Cn1c(=O)c2[nH]c(NCC(C)(C)C)nc2n(C)c1=O. The predicted octanol–water partition coefficient (Wildman–Crippen LogP) is 0.418. The molecule has 2 heterocycles. The molecule has 0 aliphatic rings. The maximum atomic E-state index is 12.0. The van der Waals surface area contributed by atoms with Gasteiger partial charge >= 0.3 is 5.69 Å². The quantitative estimate of drug-likeness (QED) is 0.824. The second kappa shape index (κ2) is 4.25. The van der Waals surface area contributed by atoms with Gasteiger partial charge in [-0.1, -0.05) is 20.8 Å². The number of hydrogen-bond acceptors (Lipinski definition) is 4. The van der Waals surface area contributed by atoms with Gasteiger partial charge in [0.1, 0.15) is 0 Å². The van der Waals surface area contributed by atoms with Gasteiger partial charge < -0.3 is 10.3 Å². The van der Waals surface area contributed by atoms with E-state index >= 15 is 0 Å². The normalized spacial score (nSPS) is 12.1. The van der Waals surface area contributed by atoms with Crippen LogP contribution in [0, 0.1) is 5.41 Å². The van der Waals surface area contributed by atoms with E-state index in [4.69, 9.17) is 0 Å². The second-order valence-corrected chi connectivity index (χ2v) is 5.90. The molecular weight excluding hydrogens is 246 g/mol. The Hall–Kier alpha value is -2.05. The number of H-pyrrole nitrogens is 1. The molecule has 0 unspecified atom stereocenters. The number of nitrogens with one attached hydrogen (secondary N) is 2. The molecule has 0 saturated carbocycles. The fourth-order valence-corrected chi connectivity index (χ4v) is 1.76. The maximum Gasteiger partial charge on any atom is 0.332 e. The average Bonchev–Trinajstić information content (AvgIpc) is 2.75. The summed E-state index contributed by atoms with van der Waals surface area (Å²) in [5.74, 6) is 0.503. The predicted molar refractivity (Wildman–Crippen MR) is 74.5 cm³/mol. The lowest BCUT2D eigenvalue weighted by Crippen LogP contribution is -2.36. The largest absolute Gasteiger partial charge is 0.355 e. The summed E-state index contributed by atoms with van der Waals surface area (Å²) in [6, 6.07) is 0. The number of imidazole rings is 1. The molecule has 2 rings (SSSR count). The minimum absolute atomic E-state index is 0.0931. The Morgan fingerprint density at radius 3 is 2.42 bits per heavy atom. The molecule has 2 aromatic rings. The first kappa shape index (κ1) is 13.4. The standard InChI is InChI=1S/C12H19N5O2/c1-12(2,3)6-13-10-14-7-8(15-10)16(4)11(19)17(5)9(7)18/h6H2,1-5H3,(H2,13,14,15). The minimum atomic E-state index is -0.383. The molecule has 0 fully saturated rings. The van der Waals surface area contributed by atoms with Crippen LogP contribution in [0.3, 0.4) is 0 Å². The van der Waals surface area contributed by atoms with Crippen LogP contribution in [0.5, 0.6) is 0 Å². The van der Waals surface area contributed by atoms with Gasteiger partial charge in [-0.2, -0.15) is 4.98 Å². The van der Waals surface area contributed by atoms with Crippen LogP contribution in [-0.4, -0.2) is 25.6 Å². The highest BCUT2D eigenvalue weighted by Crippen LogP contribution is 2.14. The Morgan fingerprint density at radius 1 is 1.21 bits per heavy atom. The molecule has 0 aromatic carbocycles. The molecule has 7 heteroatoms. The third-order valence-corrected chi connectivity index (χ3v) is 2.88. The van der Waals surface area contributed by atoms with Gasteiger partial charge in [-0.15, -0.1) is 0 Å². The maximum absolute atomic E-state index is 12.0. The summed E-state index contributed by atoms with van der Waals surface area (Å²) < 4.78 is 2.42. The number of aromatic amines is 1. The molecule has 19 heavy (non-hydrogen) atoms. The number of aryl methyl sites for hydroxylation is 1. The van der Waals surface area contributed by atoms with Gasteiger partial charge in [0, 0.05) is 20.6 Å². The topological polar surface area (TPSA) is 84.7 Å². The van der Waals surface area contributed by atoms with Crippen molar-refractivity contribution < 1.29 is 0 Å². The van der Waals surface area contributed by atoms with Crippen LogP contribution >= 0.6 is 0 Å². The van der Waals surface area contributed by atoms with Gasteiger partial charge in [-0.05, 0) is 5.41 Å². The van der Waals surface area contributed by atoms with Crippen molar-refractivity contribution in [3.8, 4) is 0 Å². The Balaban J connectivity index is 2.53. The number of rotatable bonds is 2. The fourth-order valence-electron chi connectivity index (χ4n) is 1.76. The van der Waals surface area contributed by atoms with Crippen LogP contribution < -0.4 is 16.6 Å². The third kappa shape index (κ3) is 2.40. The van der Waals surface area contributed by atoms with Crippen molar-refractivity contribution in [2.45, 2.75) is 20.8 Å². The molecule has 0 bridgehead atoms. The Labute approximate surface area is 110 Å². The monoisotopic (exact) mass is 265 g/mol. The Bertz CT molecular complexity index is 729. The molecule has 0 aliphatic carbocycles. The van der Waals surface area contributed by atoms with E-state index in [-0.39, 0.29) is 16.7 Å². The molecule has 0 spiro atoms. The van der Waals surface area contributed by atoms with Crippen molar-refractivity contribution in [1.29, 1.82) is 0 Å². The molecule has 104 valence electrons. The van der Waals surface area contributed by atoms with Crippen molar-refractivity contribution in [1.82, 2.24) is 19.1 Å². The van der Waals surface area contributed by atoms with E-state index in [0.717, 1.165) is 4.57 Å². The van der Waals surface area contributed by atoms with Crippen molar-refractivity contribution in [2.24, 2.45) is 19.5 Å². The molecule has 2 N–H and O–H groups in total. The molecule has 0 amide bonds. The minimum Gasteiger partial charge on any atom is -0.355 e. The highest BCUT2D eigenvalue weighted by molar-refractivity contribution is 5.72. The van der Waals surface area contributed by atoms with E-state index < -0.39 is 0 Å². The van der Waals surface area contributed by atoms with Crippen molar-refractivity contribution >= 4 is 17.1 Å². The van der Waals surface area contributed by atoms with Gasteiger partial charge in [0.2, 0.25) is 5.95 Å². The number of nitrogens with zero attached hydrogens (tertiary/aromatic N) is 3. The van der Waals surface area contributed by atoms with E-state index in [1.165, 1.54) is 11.6 Å². The van der Waals surface area contributed by atoms with Crippen LogP contribution in [0.2, 0.25) is 0 Å². The van der Waals surface area contributed by atoms with Gasteiger partial charge in [-0.25, -0.2) is 4.79 Å². The number of fused-ring (bicyclic) bond motifs is 1. The van der Waals surface area contributed by atoms with E-state index in [0.29, 0.717) is 23.7 Å². The number of hydrogen-bond donors (Lipinski definition) is 2. The molecule has 0 saturated heterocycles. The molecule has 7 nitrogen and oxygen atoms in total. The zero-order valence-electron chi connectivity index (χ0n) is 11.9. The molecular formula is C12H19N5O2. The third-order valence-electron chi connectivity index (χ3n) is 2.88. The summed E-state index contributed by atoms with van der Waals surface area (Å²) in [6.45, 7) is 6.99. The lowest BCUT2D eigenvalue weighted by atomic mass is 9.97. The summed E-state index contributed by atoms with van der Waals surface area (Å²) >= 11 is 0. The molecule has 0 aliphatic heterocycles. The molecule has 0 radical (unpaired) electrons. The van der Waals surface area contributed by atoms with Crippen LogP contribution in [-0.2, 0) is 14.1 Å². The number of aromatic nitrogens is 4. The van der Waals surface area contributed by atoms with Crippen molar-refractivity contribution in [3.05, 3.63) is 20.8 Å². The smallest absolute Gasteiger partial charge is 0.332 e. The summed E-state index contributed by atoms with van der Waals surface area (Å²) in [6.07, 6.45) is 0. The van der Waals surface area contributed by atoms with E-state index in [2.05, 4.69) is 36.1 Å². The summed E-state index contributed by atoms with van der Waals surface area (Å²) in [4.78, 5) is 30.9. The fraction of sp³-hybridized carbons (Fsp3) is 0.583. The second-order valence-electron chi connectivity index (χ2n) is 5.90. The first-order valence-electron chi connectivity index (χ1n) is 6.10. The van der Waals surface area contributed by atoms with E-state index in [9.17, 15) is 9.59 Å². The lowest BCUT2D eigenvalue weighted by Gasteiger charge is -2.17. The van der Waals surface area contributed by atoms with Gasteiger partial charge in [0.25, 0.3) is 5.56 Å². The summed E-state index contributed by atoms with van der Waals surface area (Å²) in [5.41, 5.74) is 0.0433. The van der Waals surface area contributed by atoms with E-state index in [1.54, 1.807) is 7.05 Å². The highest BCUT2D eigenvalue weighted by atomic mass is 16.2. The first-order valence-corrected chi connectivity index (χ1v) is 6.10. The first-order chi connectivity index (χ1) is 8.70. The zero-order valence-corrected chi connectivity index (χ0v) is 11.9. The van der Waals surface area contributed by atoms with Crippen molar-refractivity contribution in [3.63, 3.8) is 0 Å². The Morgan fingerprint density at radius 2 is 1.84 bits per heavy atom.